The molecule has 0 saturated heterocycles. The highest BCUT2D eigenvalue weighted by atomic mass is 19.1. The monoisotopic (exact) mass is 1150 g/mol. The van der Waals surface area contributed by atoms with E-state index in [0.717, 1.165) is 52.6 Å². The van der Waals surface area contributed by atoms with Gasteiger partial charge in [-0.15, -0.1) is 0 Å². The van der Waals surface area contributed by atoms with Gasteiger partial charge in [-0.05, 0) is 139 Å². The number of aryl methyl sites for hydroxylation is 3. The largest absolute Gasteiger partial charge is 0.395 e. The van der Waals surface area contributed by atoms with Crippen LogP contribution in [0.4, 0.5) is 30.6 Å². The minimum absolute atomic E-state index is 0. The summed E-state index contributed by atoms with van der Waals surface area (Å²) in [6.45, 7) is -0.537. The molecule has 9 rings (SSSR count). The Bertz CT molecular complexity index is 2850. The number of amidine groups is 3. The fraction of sp³-hybridized carbons (Fsp3) is 0.388. The van der Waals surface area contributed by atoms with E-state index in [1.807, 2.05) is 16.4 Å². The van der Waals surface area contributed by atoms with Gasteiger partial charge in [0.05, 0.1) is 57.6 Å². The molecular weight excluding hydrogens is 1090 g/mol. The fourth-order valence-electron chi connectivity index (χ4n) is 8.60. The van der Waals surface area contributed by atoms with Gasteiger partial charge in [-0.25, -0.2) is 27.1 Å². The summed E-state index contributed by atoms with van der Waals surface area (Å²) in [5.74, 6) is -1.90. The lowest BCUT2D eigenvalue weighted by molar-refractivity contribution is -0.120. The van der Waals surface area contributed by atoms with Gasteiger partial charge in [0, 0.05) is 19.6 Å². The topological polar surface area (TPSA) is 435 Å². The van der Waals surface area contributed by atoms with Crippen molar-refractivity contribution in [1.82, 2.24) is 63.3 Å². The number of hydrogen-bond acceptors (Lipinski definition) is 24. The molecule has 1 unspecified atom stereocenters. The number of anilines is 3. The molecule has 3 aromatic heterocycles. The number of rotatable bonds is 21. The van der Waals surface area contributed by atoms with E-state index in [4.69, 9.17) is 15.3 Å². The van der Waals surface area contributed by atoms with Crippen LogP contribution < -0.4 is 48.3 Å². The molecule has 3 heterocycles. The number of hydroxylamine groups is 3. The van der Waals surface area contributed by atoms with Crippen LogP contribution in [0.3, 0.4) is 0 Å². The quantitative estimate of drug-likeness (QED) is 0.0272. The lowest BCUT2D eigenvalue weighted by Gasteiger charge is -2.10. The molecule has 0 aliphatic heterocycles. The van der Waals surface area contributed by atoms with Crippen molar-refractivity contribution < 1.29 is 72.4 Å². The van der Waals surface area contributed by atoms with E-state index >= 15 is 0 Å². The summed E-state index contributed by atoms with van der Waals surface area (Å²) >= 11 is 0. The lowest BCUT2D eigenvalue weighted by Crippen LogP contribution is -2.32. The van der Waals surface area contributed by atoms with Crippen LogP contribution in [-0.2, 0) is 33.6 Å². The average molecular weight is 1150 g/mol. The Hall–Kier alpha value is -9.15. The predicted octanol–water partition coefficient (Wildman–Crippen LogP) is 1.06. The van der Waals surface area contributed by atoms with Gasteiger partial charge in [0.1, 0.15) is 17.5 Å². The molecule has 0 spiro atoms. The van der Waals surface area contributed by atoms with Crippen molar-refractivity contribution in [3.8, 4) is 0 Å². The third-order valence-corrected chi connectivity index (χ3v) is 12.3. The van der Waals surface area contributed by atoms with Crippen molar-refractivity contribution in [2.45, 2.75) is 64.1 Å². The van der Waals surface area contributed by atoms with Gasteiger partial charge in [0.25, 0.3) is 0 Å². The van der Waals surface area contributed by atoms with E-state index in [2.05, 4.69) is 91.7 Å². The smallest absolute Gasteiger partial charge is 0.239 e. The standard InChI is InChI=1S/3C16H19FN6O4.CH4/c3*17-10-3-1-9-2-4-12(11(9)7-10)20-16(21-26)14-15(23-27-22-14)19-8-13(25)18-5-6-24;/h3*1,3,7,12,24,26H,2,4-6,8H2,(H,18,25)(H,19,23)(H,20,21);1H4/t2*12-;;/m10../s1. The molecule has 3 amide bonds. The Labute approximate surface area is 463 Å². The molecule has 3 aromatic carbocycles. The van der Waals surface area contributed by atoms with Crippen LogP contribution in [0.1, 0.15) is 95.3 Å². The van der Waals surface area contributed by atoms with E-state index in [0.29, 0.717) is 19.3 Å². The van der Waals surface area contributed by atoms with Gasteiger partial charge in [-0.1, -0.05) is 25.6 Å². The zero-order valence-electron chi connectivity index (χ0n) is 42.8. The normalized spacial score (nSPS) is 15.9. The first-order valence-electron chi connectivity index (χ1n) is 25.0. The van der Waals surface area contributed by atoms with Crippen LogP contribution in [0.15, 0.2) is 83.5 Å². The number of aliphatic imine (C=N–C) groups is 3. The van der Waals surface area contributed by atoms with Gasteiger partial charge in [-0.3, -0.25) is 61.4 Å². The number of benzene rings is 3. The summed E-state index contributed by atoms with van der Waals surface area (Å²) < 4.78 is 54.6. The van der Waals surface area contributed by atoms with Gasteiger partial charge in [0.2, 0.25) is 35.2 Å². The minimum atomic E-state index is -0.367. The number of carbonyl (C=O) groups excluding carboxylic acids is 3. The highest BCUT2D eigenvalue weighted by Crippen LogP contribution is 2.37. The van der Waals surface area contributed by atoms with Gasteiger partial charge in [-0.2, -0.15) is 0 Å². The van der Waals surface area contributed by atoms with Crippen LogP contribution in [0, 0.1) is 17.5 Å². The van der Waals surface area contributed by atoms with Gasteiger partial charge in [0.15, 0.2) is 34.6 Å². The number of aromatic nitrogens is 6. The number of nitrogens with one attached hydrogen (secondary N) is 9. The SMILES string of the molecule is C.O=C(CNc1nonc1C(=NC1CCc2ccc(F)cc21)NO)NCCO.O=C(CNc1nonc1C(=N[C@@H]1CCc2ccc(F)cc21)NO)NCCO.O=C(CNc1nonc1C(=N[C@H]1CCc2ccc(F)cc21)NO)NCCO. The Balaban J connectivity index is 0.000000197. The van der Waals surface area contributed by atoms with Gasteiger partial charge < -0.3 is 47.2 Å². The minimum Gasteiger partial charge on any atom is -0.395 e. The summed E-state index contributed by atoms with van der Waals surface area (Å²) in [7, 11) is 0. The molecule has 0 radical (unpaired) electrons. The number of aliphatic hydroxyl groups excluding tert-OH is 3. The molecular formula is C49H61F3N18O12. The highest BCUT2D eigenvalue weighted by molar-refractivity contribution is 6.02. The summed E-state index contributed by atoms with van der Waals surface area (Å²) in [5.41, 5.74) is 11.4. The number of carbonyl (C=O) groups is 3. The van der Waals surface area contributed by atoms with Crippen molar-refractivity contribution >= 4 is 52.7 Å². The highest BCUT2D eigenvalue weighted by Gasteiger charge is 2.29. The maximum absolute atomic E-state index is 13.5. The van der Waals surface area contributed by atoms with Gasteiger partial charge >= 0.3 is 0 Å². The predicted molar refractivity (Wildman–Crippen MR) is 282 cm³/mol. The molecule has 3 atom stereocenters. The summed E-state index contributed by atoms with van der Waals surface area (Å²) in [6, 6.07) is 12.6. The third-order valence-electron chi connectivity index (χ3n) is 12.3. The maximum Gasteiger partial charge on any atom is 0.239 e. The second-order valence-electron chi connectivity index (χ2n) is 17.6. The van der Waals surface area contributed by atoms with Crippen LogP contribution in [0.5, 0.6) is 0 Å². The van der Waals surface area contributed by atoms with E-state index in [-0.39, 0.29) is 172 Å². The summed E-state index contributed by atoms with van der Waals surface area (Å²) in [4.78, 5) is 48.0. The van der Waals surface area contributed by atoms with Crippen molar-refractivity contribution in [2.75, 3.05) is 75.0 Å². The Morgan fingerprint density at radius 3 is 1.01 bits per heavy atom. The van der Waals surface area contributed by atoms with Crippen molar-refractivity contribution in [2.24, 2.45) is 15.0 Å². The van der Waals surface area contributed by atoms with E-state index in [1.165, 1.54) is 36.4 Å². The number of amides is 3. The zero-order chi connectivity index (χ0) is 57.7. The molecule has 0 bridgehead atoms. The first kappa shape index (κ1) is 62.1. The van der Waals surface area contributed by atoms with Crippen molar-refractivity contribution in [3.05, 3.63) is 123 Å². The number of hydrogen-bond donors (Lipinski definition) is 15. The molecule has 15 N–H and O–H groups in total. The van der Waals surface area contributed by atoms with Crippen LogP contribution >= 0.6 is 0 Å². The molecule has 6 aromatic rings. The number of fused-ring (bicyclic) bond motifs is 3. The molecule has 0 saturated carbocycles. The second-order valence-corrected chi connectivity index (χ2v) is 17.6. The lowest BCUT2D eigenvalue weighted by atomic mass is 10.1. The summed E-state index contributed by atoms with van der Waals surface area (Å²) in [6.07, 6.45) is 4.20. The van der Waals surface area contributed by atoms with E-state index < -0.39 is 0 Å². The number of nitrogens with zero attached hydrogens (tertiary/aromatic N) is 9. The fourth-order valence-corrected chi connectivity index (χ4v) is 8.60. The number of halogens is 3. The van der Waals surface area contributed by atoms with Crippen LogP contribution in [0.25, 0.3) is 0 Å². The molecule has 30 nitrogen and oxygen atoms in total. The van der Waals surface area contributed by atoms with Crippen molar-refractivity contribution in [1.29, 1.82) is 0 Å². The first-order valence-corrected chi connectivity index (χ1v) is 25.0. The van der Waals surface area contributed by atoms with E-state index in [9.17, 15) is 43.2 Å². The molecule has 33 heteroatoms. The Morgan fingerprint density at radius 2 is 0.756 bits per heavy atom. The number of aliphatic hydroxyl groups is 3. The van der Waals surface area contributed by atoms with Crippen molar-refractivity contribution in [3.63, 3.8) is 0 Å². The molecule has 0 fully saturated rings. The molecule has 3 aliphatic rings. The first-order chi connectivity index (χ1) is 39.4. The Kier molecular flexibility index (Phi) is 23.5. The Morgan fingerprint density at radius 1 is 0.476 bits per heavy atom. The second kappa shape index (κ2) is 31.0. The van der Waals surface area contributed by atoms with Crippen LogP contribution in [-0.4, -0.2) is 156 Å². The third kappa shape index (κ3) is 16.7. The molecule has 440 valence electrons. The summed E-state index contributed by atoms with van der Waals surface area (Å²) in [5, 5.41) is 92.1. The zero-order valence-corrected chi connectivity index (χ0v) is 42.8. The maximum atomic E-state index is 13.5. The van der Waals surface area contributed by atoms with E-state index in [1.54, 1.807) is 18.2 Å². The molecule has 82 heavy (non-hydrogen) atoms. The molecule has 3 aliphatic carbocycles. The average Bonchev–Trinajstić information content (AvgIpc) is 4.57. The van der Waals surface area contributed by atoms with Crippen LogP contribution in [0.2, 0.25) is 0 Å².